The van der Waals surface area contributed by atoms with Crippen molar-refractivity contribution in [2.75, 3.05) is 0 Å². The molecular formula is C21H20BrNO2. The predicted octanol–water partition coefficient (Wildman–Crippen LogP) is 5.54. The van der Waals surface area contributed by atoms with Gasteiger partial charge in [0.25, 0.3) is 0 Å². The molecule has 3 rings (SSSR count). The summed E-state index contributed by atoms with van der Waals surface area (Å²) in [4.78, 5) is 11.0. The molecule has 0 aliphatic carbocycles. The van der Waals surface area contributed by atoms with Crippen LogP contribution >= 0.6 is 15.9 Å². The summed E-state index contributed by atoms with van der Waals surface area (Å²) in [7, 11) is 0. The summed E-state index contributed by atoms with van der Waals surface area (Å²) < 4.78 is 3.22. The fourth-order valence-electron chi connectivity index (χ4n) is 3.10. The van der Waals surface area contributed by atoms with Crippen LogP contribution < -0.4 is 0 Å². The van der Waals surface area contributed by atoms with Gasteiger partial charge in [-0.25, -0.2) is 0 Å². The van der Waals surface area contributed by atoms with Gasteiger partial charge in [0, 0.05) is 15.9 Å². The first-order valence-corrected chi connectivity index (χ1v) is 9.01. The summed E-state index contributed by atoms with van der Waals surface area (Å²) in [6.45, 7) is 4.17. The number of aryl methyl sites for hydroxylation is 3. The smallest absolute Gasteiger partial charge is 0.303 e. The second-order valence-electron chi connectivity index (χ2n) is 6.24. The van der Waals surface area contributed by atoms with Crippen LogP contribution in [0.3, 0.4) is 0 Å². The van der Waals surface area contributed by atoms with E-state index in [-0.39, 0.29) is 6.42 Å². The Morgan fingerprint density at radius 1 is 1.04 bits per heavy atom. The molecule has 0 aliphatic heterocycles. The Bertz CT molecular complexity index is 910. The minimum atomic E-state index is -0.779. The highest BCUT2D eigenvalue weighted by Crippen LogP contribution is 2.30. The maximum absolute atomic E-state index is 11.0. The van der Waals surface area contributed by atoms with Crippen LogP contribution in [0.15, 0.2) is 59.1 Å². The largest absolute Gasteiger partial charge is 0.481 e. The Hall–Kier alpha value is -2.33. The highest BCUT2D eigenvalue weighted by Gasteiger charge is 2.14. The molecule has 25 heavy (non-hydrogen) atoms. The molecule has 0 saturated heterocycles. The van der Waals surface area contributed by atoms with E-state index in [1.807, 2.05) is 18.2 Å². The quantitative estimate of drug-likeness (QED) is 0.613. The van der Waals surface area contributed by atoms with Crippen molar-refractivity contribution in [3.63, 3.8) is 0 Å². The van der Waals surface area contributed by atoms with E-state index in [9.17, 15) is 4.79 Å². The minimum absolute atomic E-state index is 0.120. The molecule has 0 bridgehead atoms. The maximum Gasteiger partial charge on any atom is 0.303 e. The molecule has 0 fully saturated rings. The van der Waals surface area contributed by atoms with Gasteiger partial charge in [0.2, 0.25) is 0 Å². The third kappa shape index (κ3) is 3.85. The molecule has 0 atom stereocenters. The van der Waals surface area contributed by atoms with Gasteiger partial charge in [-0.2, -0.15) is 0 Å². The van der Waals surface area contributed by atoms with Crippen LogP contribution in [0.25, 0.3) is 16.9 Å². The number of halogens is 1. The molecule has 1 N–H and O–H groups in total. The van der Waals surface area contributed by atoms with Crippen LogP contribution in [-0.4, -0.2) is 15.6 Å². The van der Waals surface area contributed by atoms with Crippen molar-refractivity contribution in [1.29, 1.82) is 0 Å². The van der Waals surface area contributed by atoms with Gasteiger partial charge in [-0.1, -0.05) is 45.8 Å². The number of nitrogens with zero attached hydrogens (tertiary/aromatic N) is 1. The normalized spacial score (nSPS) is 10.8. The first kappa shape index (κ1) is 17.5. The molecule has 1 heterocycles. The van der Waals surface area contributed by atoms with Gasteiger partial charge in [-0.05, 0) is 61.7 Å². The molecule has 0 amide bonds. The second-order valence-corrected chi connectivity index (χ2v) is 7.15. The molecule has 0 unspecified atom stereocenters. The molecule has 2 aromatic carbocycles. The monoisotopic (exact) mass is 397 g/mol. The number of rotatable bonds is 5. The van der Waals surface area contributed by atoms with Crippen molar-refractivity contribution in [3.05, 3.63) is 75.9 Å². The zero-order chi connectivity index (χ0) is 18.0. The van der Waals surface area contributed by atoms with Gasteiger partial charge in [0.15, 0.2) is 0 Å². The van der Waals surface area contributed by atoms with E-state index in [1.165, 1.54) is 11.1 Å². The van der Waals surface area contributed by atoms with Crippen molar-refractivity contribution in [2.24, 2.45) is 0 Å². The third-order valence-electron chi connectivity index (χ3n) is 4.29. The van der Waals surface area contributed by atoms with Crippen molar-refractivity contribution < 1.29 is 9.90 Å². The lowest BCUT2D eigenvalue weighted by molar-refractivity contribution is -0.136. The maximum atomic E-state index is 11.0. The zero-order valence-corrected chi connectivity index (χ0v) is 15.9. The summed E-state index contributed by atoms with van der Waals surface area (Å²) in [5.41, 5.74) is 6.66. The van der Waals surface area contributed by atoms with E-state index in [4.69, 9.17) is 5.11 Å². The number of aliphatic carboxylic acids is 1. The molecule has 0 saturated carbocycles. The molecular weight excluding hydrogens is 378 g/mol. The molecule has 0 aliphatic rings. The van der Waals surface area contributed by atoms with Gasteiger partial charge in [0.05, 0.1) is 12.1 Å². The Morgan fingerprint density at radius 3 is 2.40 bits per heavy atom. The topological polar surface area (TPSA) is 42.2 Å². The zero-order valence-electron chi connectivity index (χ0n) is 14.3. The van der Waals surface area contributed by atoms with E-state index < -0.39 is 5.97 Å². The lowest BCUT2D eigenvalue weighted by Gasteiger charge is -2.17. The molecule has 3 aromatic rings. The van der Waals surface area contributed by atoms with Gasteiger partial charge in [-0.3, -0.25) is 4.79 Å². The molecule has 1 aromatic heterocycles. The van der Waals surface area contributed by atoms with Crippen LogP contribution in [0.1, 0.15) is 23.2 Å². The van der Waals surface area contributed by atoms with Crippen molar-refractivity contribution in [2.45, 2.75) is 26.7 Å². The van der Waals surface area contributed by atoms with Crippen LogP contribution in [0.2, 0.25) is 0 Å². The first-order valence-electron chi connectivity index (χ1n) is 8.21. The molecule has 4 heteroatoms. The lowest BCUT2D eigenvalue weighted by atomic mass is 10.1. The van der Waals surface area contributed by atoms with Crippen LogP contribution in [0, 0.1) is 13.8 Å². The fourth-order valence-corrected chi connectivity index (χ4v) is 3.36. The van der Waals surface area contributed by atoms with Gasteiger partial charge in [-0.15, -0.1) is 0 Å². The standard InChI is InChI=1S/C21H20BrNO2/c1-14-3-10-19(15(2)13-14)23-18(9-12-21(24)25)8-11-20(23)16-4-6-17(22)7-5-16/h3-8,10-11,13H,9,12H2,1-2H3,(H,24,25). The molecule has 128 valence electrons. The molecule has 3 nitrogen and oxygen atoms in total. The van der Waals surface area contributed by atoms with E-state index >= 15 is 0 Å². The van der Waals surface area contributed by atoms with Crippen molar-refractivity contribution in [1.82, 2.24) is 4.57 Å². The van der Waals surface area contributed by atoms with Gasteiger partial charge >= 0.3 is 5.97 Å². The highest BCUT2D eigenvalue weighted by atomic mass is 79.9. The van der Waals surface area contributed by atoms with Crippen molar-refractivity contribution >= 4 is 21.9 Å². The number of benzene rings is 2. The molecule has 0 spiro atoms. The average molecular weight is 398 g/mol. The van der Waals surface area contributed by atoms with E-state index in [2.05, 4.69) is 70.7 Å². The van der Waals surface area contributed by atoms with Crippen LogP contribution in [0.4, 0.5) is 0 Å². The number of carboxylic acid groups (broad SMARTS) is 1. The number of hydrogen-bond acceptors (Lipinski definition) is 1. The summed E-state index contributed by atoms with van der Waals surface area (Å²) in [5, 5.41) is 9.07. The van der Waals surface area contributed by atoms with E-state index in [0.717, 1.165) is 27.1 Å². The summed E-state index contributed by atoms with van der Waals surface area (Å²) in [6, 6.07) is 18.6. The van der Waals surface area contributed by atoms with Gasteiger partial charge in [0.1, 0.15) is 0 Å². The fraction of sp³-hybridized carbons (Fsp3) is 0.190. The second kappa shape index (κ2) is 7.28. The SMILES string of the molecule is Cc1ccc(-n2c(CCC(=O)O)ccc2-c2ccc(Br)cc2)c(C)c1. The first-order chi connectivity index (χ1) is 12.0. The predicted molar refractivity (Wildman–Crippen MR) is 104 cm³/mol. The average Bonchev–Trinajstić information content (AvgIpc) is 2.97. The number of carboxylic acids is 1. The summed E-state index contributed by atoms with van der Waals surface area (Å²) in [5.74, 6) is -0.779. The minimum Gasteiger partial charge on any atom is -0.481 e. The number of hydrogen-bond donors (Lipinski definition) is 1. The Kier molecular flexibility index (Phi) is 5.09. The van der Waals surface area contributed by atoms with Crippen LogP contribution in [0.5, 0.6) is 0 Å². The molecule has 0 radical (unpaired) electrons. The number of carbonyl (C=O) groups is 1. The van der Waals surface area contributed by atoms with E-state index in [0.29, 0.717) is 6.42 Å². The van der Waals surface area contributed by atoms with Crippen molar-refractivity contribution in [3.8, 4) is 16.9 Å². The number of aromatic nitrogens is 1. The van der Waals surface area contributed by atoms with Crippen LogP contribution in [-0.2, 0) is 11.2 Å². The summed E-state index contributed by atoms with van der Waals surface area (Å²) >= 11 is 3.47. The van der Waals surface area contributed by atoms with Gasteiger partial charge < -0.3 is 9.67 Å². The Labute approximate surface area is 156 Å². The highest BCUT2D eigenvalue weighted by molar-refractivity contribution is 9.10. The Balaban J connectivity index is 2.15. The lowest BCUT2D eigenvalue weighted by Crippen LogP contribution is -2.06. The van der Waals surface area contributed by atoms with E-state index in [1.54, 1.807) is 0 Å². The third-order valence-corrected chi connectivity index (χ3v) is 4.82. The summed E-state index contributed by atoms with van der Waals surface area (Å²) in [6.07, 6.45) is 0.619. The Morgan fingerprint density at radius 2 is 1.76 bits per heavy atom.